The third kappa shape index (κ3) is 3.31. The van der Waals surface area contributed by atoms with Gasteiger partial charge < -0.3 is 5.73 Å². The summed E-state index contributed by atoms with van der Waals surface area (Å²) in [4.78, 5) is 25.8. The Balaban J connectivity index is 0.00000210. The maximum Gasteiger partial charge on any atom is 0.139 e. The van der Waals surface area contributed by atoms with Crippen LogP contribution in [0.15, 0.2) is 0 Å². The summed E-state index contributed by atoms with van der Waals surface area (Å²) in [6, 6.07) is 0. The molecule has 0 bridgehead atoms. The third-order valence-corrected chi connectivity index (χ3v) is 9.34. The first-order valence-corrected chi connectivity index (χ1v) is 11.2. The minimum atomic E-state index is -0.121. The van der Waals surface area contributed by atoms with E-state index in [1.165, 1.54) is 32.1 Å². The number of hydrogen-bond acceptors (Lipinski definition) is 3. The Morgan fingerprint density at radius 2 is 1.81 bits per heavy atom. The Bertz CT molecular complexity index is 593. The van der Waals surface area contributed by atoms with Gasteiger partial charge in [0.15, 0.2) is 0 Å². The van der Waals surface area contributed by atoms with Crippen LogP contribution in [0.3, 0.4) is 0 Å². The van der Waals surface area contributed by atoms with Crippen molar-refractivity contribution in [3.05, 3.63) is 0 Å². The molecule has 4 aliphatic carbocycles. The topological polar surface area (TPSA) is 60.2 Å². The van der Waals surface area contributed by atoms with Crippen LogP contribution in [0.4, 0.5) is 0 Å². The molecule has 4 saturated carbocycles. The van der Waals surface area contributed by atoms with Gasteiger partial charge in [-0.15, -0.1) is 12.4 Å². The molecule has 4 aliphatic rings. The van der Waals surface area contributed by atoms with Crippen molar-refractivity contribution in [2.24, 2.45) is 46.2 Å². The van der Waals surface area contributed by atoms with Gasteiger partial charge in [-0.1, -0.05) is 26.7 Å². The average Bonchev–Trinajstić information content (AvgIpc) is 2.92. The van der Waals surface area contributed by atoms with Crippen LogP contribution in [0, 0.1) is 40.4 Å². The highest BCUT2D eigenvalue weighted by atomic mass is 35.5. The molecule has 2 unspecified atom stereocenters. The van der Waals surface area contributed by atoms with Gasteiger partial charge in [-0.3, -0.25) is 9.59 Å². The summed E-state index contributed by atoms with van der Waals surface area (Å²) in [5.74, 6) is 3.62. The SMILES string of the molecule is C[C@]12CCC(CCCCN)CC1C(=O)C[C@@H]1[C@@H]2CC[C@]2(C)C(=O)CC[C@@H]12.Cl. The molecule has 0 spiro atoms. The van der Waals surface area contributed by atoms with E-state index in [2.05, 4.69) is 13.8 Å². The molecule has 3 nitrogen and oxygen atoms in total. The van der Waals surface area contributed by atoms with Crippen molar-refractivity contribution in [3.63, 3.8) is 0 Å². The van der Waals surface area contributed by atoms with Crippen molar-refractivity contribution in [3.8, 4) is 0 Å². The number of rotatable bonds is 4. The summed E-state index contributed by atoms with van der Waals surface area (Å²) in [5.41, 5.74) is 5.72. The predicted octanol–water partition coefficient (Wildman–Crippen LogP) is 4.94. The van der Waals surface area contributed by atoms with Crippen molar-refractivity contribution in [2.45, 2.75) is 84.5 Å². The van der Waals surface area contributed by atoms with E-state index in [4.69, 9.17) is 5.73 Å². The molecule has 0 aromatic carbocycles. The first-order chi connectivity index (χ1) is 12.4. The summed E-state index contributed by atoms with van der Waals surface area (Å²) in [7, 11) is 0. The van der Waals surface area contributed by atoms with Crippen molar-refractivity contribution >= 4 is 24.0 Å². The van der Waals surface area contributed by atoms with E-state index in [1.807, 2.05) is 0 Å². The fourth-order valence-corrected chi connectivity index (χ4v) is 7.73. The van der Waals surface area contributed by atoms with E-state index in [0.29, 0.717) is 29.3 Å². The molecule has 0 aliphatic heterocycles. The predicted molar refractivity (Wildman–Crippen MR) is 111 cm³/mol. The molecule has 4 heteroatoms. The molecule has 0 aromatic rings. The van der Waals surface area contributed by atoms with Gasteiger partial charge in [-0.25, -0.2) is 0 Å². The number of carbonyl (C=O) groups excluding carboxylic acids is 2. The molecule has 0 amide bonds. The lowest BCUT2D eigenvalue weighted by molar-refractivity contribution is -0.158. The number of unbranched alkanes of at least 4 members (excludes halogenated alkanes) is 1. The number of hydrogen-bond donors (Lipinski definition) is 1. The molecule has 27 heavy (non-hydrogen) atoms. The summed E-state index contributed by atoms with van der Waals surface area (Å²) in [6.45, 7) is 5.42. The minimum Gasteiger partial charge on any atom is -0.330 e. The van der Waals surface area contributed by atoms with Crippen molar-refractivity contribution in [1.82, 2.24) is 0 Å². The van der Waals surface area contributed by atoms with Crippen molar-refractivity contribution in [1.29, 1.82) is 0 Å². The van der Waals surface area contributed by atoms with Crippen LogP contribution in [0.2, 0.25) is 0 Å². The Kier molecular flexibility index (Phi) is 6.14. The monoisotopic (exact) mass is 395 g/mol. The van der Waals surface area contributed by atoms with Gasteiger partial charge in [-0.05, 0) is 80.6 Å². The van der Waals surface area contributed by atoms with Crippen molar-refractivity contribution < 1.29 is 9.59 Å². The molecule has 154 valence electrons. The lowest BCUT2D eigenvalue weighted by Gasteiger charge is -2.59. The van der Waals surface area contributed by atoms with Crippen LogP contribution in [0.25, 0.3) is 0 Å². The number of ketones is 2. The maximum absolute atomic E-state index is 13.2. The normalized spacial score (nSPS) is 46.3. The van der Waals surface area contributed by atoms with E-state index in [-0.39, 0.29) is 29.2 Å². The zero-order valence-corrected chi connectivity index (χ0v) is 18.0. The lowest BCUT2D eigenvalue weighted by atomic mass is 9.44. The number of halogens is 1. The molecule has 0 heterocycles. The molecule has 4 rings (SSSR count). The first-order valence-electron chi connectivity index (χ1n) is 11.2. The highest BCUT2D eigenvalue weighted by Crippen LogP contribution is 2.65. The molecule has 7 atom stereocenters. The van der Waals surface area contributed by atoms with Crippen LogP contribution in [-0.4, -0.2) is 18.1 Å². The van der Waals surface area contributed by atoms with Gasteiger partial charge in [0.1, 0.15) is 11.6 Å². The van der Waals surface area contributed by atoms with Crippen LogP contribution >= 0.6 is 12.4 Å². The molecular weight excluding hydrogens is 358 g/mol. The number of fused-ring (bicyclic) bond motifs is 5. The quantitative estimate of drug-likeness (QED) is 0.685. The Hall–Kier alpha value is -0.410. The van der Waals surface area contributed by atoms with E-state index >= 15 is 0 Å². The number of carbonyl (C=O) groups is 2. The second-order valence-electron chi connectivity index (χ2n) is 10.4. The largest absolute Gasteiger partial charge is 0.330 e. The van der Waals surface area contributed by atoms with Gasteiger partial charge in [-0.2, -0.15) is 0 Å². The van der Waals surface area contributed by atoms with Gasteiger partial charge in [0.2, 0.25) is 0 Å². The van der Waals surface area contributed by atoms with Gasteiger partial charge in [0, 0.05) is 24.2 Å². The van der Waals surface area contributed by atoms with E-state index in [1.54, 1.807) is 0 Å². The van der Waals surface area contributed by atoms with Crippen LogP contribution in [0.1, 0.15) is 84.5 Å². The average molecular weight is 396 g/mol. The van der Waals surface area contributed by atoms with Crippen molar-refractivity contribution in [2.75, 3.05) is 6.54 Å². The van der Waals surface area contributed by atoms with Crippen LogP contribution in [-0.2, 0) is 9.59 Å². The Labute approximate surface area is 171 Å². The zero-order chi connectivity index (χ0) is 18.5. The molecule has 0 aromatic heterocycles. The lowest BCUT2D eigenvalue weighted by Crippen LogP contribution is -2.56. The molecule has 0 saturated heterocycles. The number of nitrogens with two attached hydrogens (primary N) is 1. The fraction of sp³-hybridized carbons (Fsp3) is 0.913. The molecule has 4 fully saturated rings. The maximum atomic E-state index is 13.2. The van der Waals surface area contributed by atoms with Crippen LogP contribution < -0.4 is 5.73 Å². The van der Waals surface area contributed by atoms with Gasteiger partial charge in [0.05, 0.1) is 0 Å². The summed E-state index contributed by atoms with van der Waals surface area (Å²) >= 11 is 0. The molecular formula is C23H38ClNO2. The van der Waals surface area contributed by atoms with Crippen LogP contribution in [0.5, 0.6) is 0 Å². The molecule has 2 N–H and O–H groups in total. The second-order valence-corrected chi connectivity index (χ2v) is 10.4. The second kappa shape index (κ2) is 7.78. The van der Waals surface area contributed by atoms with Gasteiger partial charge in [0.25, 0.3) is 0 Å². The first kappa shape index (κ1) is 21.3. The molecule has 0 radical (unpaired) electrons. The zero-order valence-electron chi connectivity index (χ0n) is 17.2. The summed E-state index contributed by atoms with van der Waals surface area (Å²) in [6.07, 6.45) is 12.0. The van der Waals surface area contributed by atoms with E-state index < -0.39 is 0 Å². The van der Waals surface area contributed by atoms with Gasteiger partial charge >= 0.3 is 0 Å². The smallest absolute Gasteiger partial charge is 0.139 e. The third-order valence-electron chi connectivity index (χ3n) is 9.34. The minimum absolute atomic E-state index is 0. The van der Waals surface area contributed by atoms with E-state index in [9.17, 15) is 9.59 Å². The van der Waals surface area contributed by atoms with E-state index in [0.717, 1.165) is 51.0 Å². The fourth-order valence-electron chi connectivity index (χ4n) is 7.73. The Morgan fingerprint density at radius 3 is 2.56 bits per heavy atom. The Morgan fingerprint density at radius 1 is 1.04 bits per heavy atom. The highest BCUT2D eigenvalue weighted by Gasteiger charge is 2.62. The summed E-state index contributed by atoms with van der Waals surface area (Å²) in [5, 5.41) is 0. The highest BCUT2D eigenvalue weighted by molar-refractivity contribution is 5.88. The number of Topliss-reactive ketones (excluding diaryl/α,β-unsaturated/α-hetero) is 2. The standard InChI is InChI=1S/C23H37NO2.ClH/c1-22-10-8-15(5-3-4-12-24)13-19(22)20(25)14-16-17-6-7-21(26)23(17,2)11-9-18(16)22;/h15-19H,3-14,24H2,1-2H3;1H/t15?,16-,17-,18-,19?,22+,23-;/m0./s1. The summed E-state index contributed by atoms with van der Waals surface area (Å²) < 4.78 is 0.